The number of fused-ring (bicyclic) bond motifs is 1. The van der Waals surface area contributed by atoms with Crippen LogP contribution in [-0.4, -0.2) is 55.2 Å². The maximum atomic E-state index is 12.7. The first-order valence-electron chi connectivity index (χ1n) is 9.86. The van der Waals surface area contributed by atoms with E-state index in [1.807, 2.05) is 13.8 Å². The van der Waals surface area contributed by atoms with E-state index in [9.17, 15) is 9.59 Å². The number of hydrogen-bond acceptors (Lipinski definition) is 6. The normalized spacial score (nSPS) is 25.7. The molecule has 3 rings (SSSR count). The minimum Gasteiger partial charge on any atom is -0.462 e. The van der Waals surface area contributed by atoms with Crippen LogP contribution >= 0.6 is 11.3 Å². The Bertz CT molecular complexity index is 692. The molecule has 0 aromatic carbocycles. The van der Waals surface area contributed by atoms with Crippen LogP contribution in [0.3, 0.4) is 0 Å². The van der Waals surface area contributed by atoms with Gasteiger partial charge < -0.3 is 14.8 Å². The topological polar surface area (TPSA) is 67.9 Å². The molecule has 1 aromatic rings. The quantitative estimate of drug-likeness (QED) is 0.778. The molecule has 1 aliphatic carbocycles. The molecule has 3 atom stereocenters. The molecule has 27 heavy (non-hydrogen) atoms. The lowest BCUT2D eigenvalue weighted by Gasteiger charge is -2.34. The number of carbonyl (C=O) groups is 2. The smallest absolute Gasteiger partial charge is 0.341 e. The Balaban J connectivity index is 1.75. The molecule has 2 aliphatic rings. The van der Waals surface area contributed by atoms with E-state index in [1.54, 1.807) is 6.92 Å². The minimum atomic E-state index is -0.325. The fraction of sp³-hybridized carbons (Fsp3) is 0.700. The zero-order valence-corrected chi connectivity index (χ0v) is 17.5. The Morgan fingerprint density at radius 2 is 1.96 bits per heavy atom. The molecule has 1 aliphatic heterocycles. The van der Waals surface area contributed by atoms with Crippen molar-refractivity contribution in [2.45, 2.75) is 59.2 Å². The number of thiophene rings is 1. The van der Waals surface area contributed by atoms with E-state index in [4.69, 9.17) is 9.47 Å². The summed E-state index contributed by atoms with van der Waals surface area (Å²) in [5.41, 5.74) is 1.64. The molecular formula is C20H30N2O4S. The van der Waals surface area contributed by atoms with Crippen molar-refractivity contribution in [1.82, 2.24) is 4.90 Å². The van der Waals surface area contributed by atoms with Crippen molar-refractivity contribution in [3.8, 4) is 0 Å². The third-order valence-corrected chi connectivity index (χ3v) is 6.28. The van der Waals surface area contributed by atoms with Gasteiger partial charge in [-0.2, -0.15) is 0 Å². The number of ether oxygens (including phenoxy) is 2. The van der Waals surface area contributed by atoms with Crippen LogP contribution in [-0.2, 0) is 27.1 Å². The first-order valence-corrected chi connectivity index (χ1v) is 10.7. The molecule has 1 saturated heterocycles. The first-order chi connectivity index (χ1) is 12.9. The number of carbonyl (C=O) groups excluding carboxylic acids is 2. The van der Waals surface area contributed by atoms with Gasteiger partial charge in [0.05, 0.1) is 30.9 Å². The molecule has 0 radical (unpaired) electrons. The number of hydrogen-bond donors (Lipinski definition) is 1. The van der Waals surface area contributed by atoms with Crippen molar-refractivity contribution in [3.63, 3.8) is 0 Å². The molecule has 1 amide bonds. The van der Waals surface area contributed by atoms with Crippen LogP contribution < -0.4 is 5.32 Å². The average molecular weight is 395 g/mol. The molecular weight excluding hydrogens is 364 g/mol. The highest BCUT2D eigenvalue weighted by molar-refractivity contribution is 7.17. The number of nitrogens with zero attached hydrogens (tertiary/aromatic N) is 1. The first kappa shape index (κ1) is 20.3. The number of amides is 1. The van der Waals surface area contributed by atoms with Crippen LogP contribution in [0.5, 0.6) is 0 Å². The van der Waals surface area contributed by atoms with Gasteiger partial charge >= 0.3 is 5.97 Å². The van der Waals surface area contributed by atoms with Crippen molar-refractivity contribution in [1.29, 1.82) is 0 Å². The van der Waals surface area contributed by atoms with Crippen molar-refractivity contribution in [2.75, 3.05) is 31.6 Å². The van der Waals surface area contributed by atoms with E-state index < -0.39 is 0 Å². The average Bonchev–Trinajstić information content (AvgIpc) is 2.90. The van der Waals surface area contributed by atoms with Gasteiger partial charge in [0.25, 0.3) is 0 Å². The maximum Gasteiger partial charge on any atom is 0.341 e. The summed E-state index contributed by atoms with van der Waals surface area (Å²) in [5, 5.41) is 3.64. The molecule has 1 N–H and O–H groups in total. The van der Waals surface area contributed by atoms with Gasteiger partial charge in [-0.15, -0.1) is 11.3 Å². The molecule has 0 spiro atoms. The fourth-order valence-corrected chi connectivity index (χ4v) is 5.46. The van der Waals surface area contributed by atoms with Crippen LogP contribution in [0, 0.1) is 5.92 Å². The summed E-state index contributed by atoms with van der Waals surface area (Å²) in [5.74, 6) is 0.188. The fourth-order valence-electron chi connectivity index (χ4n) is 4.04. The van der Waals surface area contributed by atoms with Crippen molar-refractivity contribution in [2.24, 2.45) is 5.92 Å². The van der Waals surface area contributed by atoms with Crippen molar-refractivity contribution >= 4 is 28.2 Å². The summed E-state index contributed by atoms with van der Waals surface area (Å²) in [4.78, 5) is 28.5. The molecule has 1 aromatic heterocycles. The number of nitrogens with one attached hydrogen (secondary N) is 1. The Morgan fingerprint density at radius 3 is 2.63 bits per heavy atom. The SMILES string of the molecule is CCOC(=O)c1c(NC(=O)CN2C[C@@H](C)O[C@H](C)C2)sc2c1CC[C@H](C)C2. The second-order valence-electron chi connectivity index (χ2n) is 7.78. The van der Waals surface area contributed by atoms with E-state index in [0.717, 1.165) is 37.9 Å². The van der Waals surface area contributed by atoms with E-state index in [-0.39, 0.29) is 24.1 Å². The summed E-state index contributed by atoms with van der Waals surface area (Å²) in [6.45, 7) is 10.2. The maximum absolute atomic E-state index is 12.7. The molecule has 6 nitrogen and oxygen atoms in total. The van der Waals surface area contributed by atoms with Gasteiger partial charge in [-0.1, -0.05) is 6.92 Å². The van der Waals surface area contributed by atoms with Gasteiger partial charge in [0.15, 0.2) is 0 Å². The molecule has 150 valence electrons. The Kier molecular flexibility index (Phi) is 6.55. The summed E-state index contributed by atoms with van der Waals surface area (Å²) in [7, 11) is 0. The van der Waals surface area contributed by atoms with Crippen LogP contribution in [0.25, 0.3) is 0 Å². The number of rotatable bonds is 5. The molecule has 0 saturated carbocycles. The summed E-state index contributed by atoms with van der Waals surface area (Å²) >= 11 is 1.54. The van der Waals surface area contributed by atoms with Crippen molar-refractivity contribution in [3.05, 3.63) is 16.0 Å². The van der Waals surface area contributed by atoms with Gasteiger partial charge in [0.2, 0.25) is 5.91 Å². The predicted octanol–water partition coefficient (Wildman–Crippen LogP) is 3.10. The Labute approximate surface area is 165 Å². The van der Waals surface area contributed by atoms with E-state index >= 15 is 0 Å². The van der Waals surface area contributed by atoms with Crippen LogP contribution in [0.2, 0.25) is 0 Å². The number of morpholine rings is 1. The van der Waals surface area contributed by atoms with Crippen LogP contribution in [0.15, 0.2) is 0 Å². The van der Waals surface area contributed by atoms with E-state index in [1.165, 1.54) is 16.2 Å². The number of anilines is 1. The lowest BCUT2D eigenvalue weighted by molar-refractivity contribution is -0.121. The largest absolute Gasteiger partial charge is 0.462 e. The molecule has 2 heterocycles. The van der Waals surface area contributed by atoms with Gasteiger partial charge in [-0.05, 0) is 51.5 Å². The van der Waals surface area contributed by atoms with Crippen LogP contribution in [0.4, 0.5) is 5.00 Å². The van der Waals surface area contributed by atoms with Gasteiger partial charge in [-0.3, -0.25) is 9.69 Å². The lowest BCUT2D eigenvalue weighted by atomic mass is 9.88. The zero-order valence-electron chi connectivity index (χ0n) is 16.7. The second kappa shape index (κ2) is 8.71. The zero-order chi connectivity index (χ0) is 19.6. The Hall–Kier alpha value is -1.44. The second-order valence-corrected chi connectivity index (χ2v) is 8.88. The Morgan fingerprint density at radius 1 is 1.26 bits per heavy atom. The number of esters is 1. The van der Waals surface area contributed by atoms with Gasteiger partial charge in [-0.25, -0.2) is 4.79 Å². The highest BCUT2D eigenvalue weighted by atomic mass is 32.1. The summed E-state index contributed by atoms with van der Waals surface area (Å²) < 4.78 is 11.0. The van der Waals surface area contributed by atoms with E-state index in [2.05, 4.69) is 17.1 Å². The van der Waals surface area contributed by atoms with Crippen LogP contribution in [0.1, 0.15) is 54.9 Å². The predicted molar refractivity (Wildman–Crippen MR) is 107 cm³/mol. The third kappa shape index (κ3) is 4.89. The highest BCUT2D eigenvalue weighted by Gasteiger charge is 2.30. The lowest BCUT2D eigenvalue weighted by Crippen LogP contribution is -2.48. The monoisotopic (exact) mass is 394 g/mol. The highest BCUT2D eigenvalue weighted by Crippen LogP contribution is 2.40. The summed E-state index contributed by atoms with van der Waals surface area (Å²) in [6.07, 6.45) is 3.13. The standard InChI is InChI=1S/C20H30N2O4S/c1-5-25-20(24)18-15-7-6-12(2)8-16(15)27-19(18)21-17(23)11-22-9-13(3)26-14(4)10-22/h12-14H,5-11H2,1-4H3,(H,21,23)/t12-,13+,14+/m0/s1. The molecule has 0 unspecified atom stereocenters. The van der Waals surface area contributed by atoms with Gasteiger partial charge in [0.1, 0.15) is 5.00 Å². The van der Waals surface area contributed by atoms with Gasteiger partial charge in [0, 0.05) is 18.0 Å². The van der Waals surface area contributed by atoms with Crippen molar-refractivity contribution < 1.29 is 19.1 Å². The minimum absolute atomic E-state index is 0.0894. The van der Waals surface area contributed by atoms with E-state index in [0.29, 0.717) is 29.6 Å². The summed E-state index contributed by atoms with van der Waals surface area (Å²) in [6, 6.07) is 0. The molecule has 0 bridgehead atoms. The third-order valence-electron chi connectivity index (χ3n) is 5.11. The molecule has 7 heteroatoms. The molecule has 1 fully saturated rings.